The van der Waals surface area contributed by atoms with Gasteiger partial charge in [0.1, 0.15) is 17.5 Å². The van der Waals surface area contributed by atoms with Gasteiger partial charge < -0.3 is 20.1 Å². The van der Waals surface area contributed by atoms with E-state index in [9.17, 15) is 4.79 Å². The van der Waals surface area contributed by atoms with Crippen LogP contribution in [0, 0.1) is 13.8 Å². The molecule has 130 valence electrons. The molecule has 1 heterocycles. The zero-order chi connectivity index (χ0) is 17.9. The van der Waals surface area contributed by atoms with E-state index in [1.165, 1.54) is 0 Å². The molecule has 1 aromatic carbocycles. The molecule has 0 bridgehead atoms. The lowest BCUT2D eigenvalue weighted by Crippen LogP contribution is -2.32. The summed E-state index contributed by atoms with van der Waals surface area (Å²) in [5.74, 6) is 1.16. The highest BCUT2D eigenvalue weighted by atomic mass is 16.5. The number of benzene rings is 1. The number of anilines is 2. The molecule has 2 aromatic rings. The summed E-state index contributed by atoms with van der Waals surface area (Å²) in [4.78, 5) is 12.5. The second-order valence-electron chi connectivity index (χ2n) is 5.59. The number of aromatic nitrogens is 2. The number of nitrogens with zero attached hydrogens (tertiary/aromatic N) is 2. The van der Waals surface area contributed by atoms with E-state index < -0.39 is 6.04 Å². The van der Waals surface area contributed by atoms with E-state index in [0.717, 1.165) is 22.8 Å². The van der Waals surface area contributed by atoms with Gasteiger partial charge in [-0.3, -0.25) is 9.48 Å². The van der Waals surface area contributed by atoms with Crippen LogP contribution in [0.1, 0.15) is 18.3 Å². The molecular formula is C17H24N4O3. The van der Waals surface area contributed by atoms with Crippen molar-refractivity contribution in [3.05, 3.63) is 29.6 Å². The number of rotatable bonds is 6. The highest BCUT2D eigenvalue weighted by Gasteiger charge is 2.18. The van der Waals surface area contributed by atoms with Gasteiger partial charge in [0.15, 0.2) is 0 Å². The minimum atomic E-state index is -0.452. The van der Waals surface area contributed by atoms with E-state index in [1.807, 2.05) is 33.0 Å². The Balaban J connectivity index is 2.12. The molecule has 24 heavy (non-hydrogen) atoms. The molecule has 7 nitrogen and oxygen atoms in total. The molecule has 0 radical (unpaired) electrons. The summed E-state index contributed by atoms with van der Waals surface area (Å²) in [5, 5.41) is 10.4. The van der Waals surface area contributed by atoms with Crippen molar-refractivity contribution in [3.63, 3.8) is 0 Å². The Labute approximate surface area is 142 Å². The third-order valence-electron chi connectivity index (χ3n) is 3.93. The van der Waals surface area contributed by atoms with Crippen molar-refractivity contribution in [1.82, 2.24) is 9.78 Å². The van der Waals surface area contributed by atoms with Gasteiger partial charge in [0.05, 0.1) is 37.0 Å². The fourth-order valence-corrected chi connectivity index (χ4v) is 2.40. The molecule has 1 atom stereocenters. The number of hydrogen-bond acceptors (Lipinski definition) is 5. The third-order valence-corrected chi connectivity index (χ3v) is 3.93. The summed E-state index contributed by atoms with van der Waals surface area (Å²) in [6, 6.07) is 4.95. The van der Waals surface area contributed by atoms with Gasteiger partial charge in [-0.2, -0.15) is 5.10 Å². The quantitative estimate of drug-likeness (QED) is 0.850. The van der Waals surface area contributed by atoms with Crippen LogP contribution in [0.15, 0.2) is 18.2 Å². The van der Waals surface area contributed by atoms with E-state index >= 15 is 0 Å². The van der Waals surface area contributed by atoms with Gasteiger partial charge in [-0.25, -0.2) is 0 Å². The fourth-order valence-electron chi connectivity index (χ4n) is 2.40. The van der Waals surface area contributed by atoms with Crippen molar-refractivity contribution >= 4 is 17.3 Å². The van der Waals surface area contributed by atoms with E-state index in [0.29, 0.717) is 11.5 Å². The number of nitrogens with one attached hydrogen (secondary N) is 2. The maximum Gasteiger partial charge on any atom is 0.246 e. The summed E-state index contributed by atoms with van der Waals surface area (Å²) in [6.45, 7) is 5.58. The molecule has 1 aromatic heterocycles. The van der Waals surface area contributed by atoms with Gasteiger partial charge in [0.2, 0.25) is 5.91 Å². The summed E-state index contributed by atoms with van der Waals surface area (Å²) in [5.41, 5.74) is 3.17. The van der Waals surface area contributed by atoms with Crippen LogP contribution in [0.2, 0.25) is 0 Å². The van der Waals surface area contributed by atoms with Crippen LogP contribution in [0.4, 0.5) is 11.4 Å². The smallest absolute Gasteiger partial charge is 0.246 e. The first-order chi connectivity index (χ1) is 11.4. The first-order valence-corrected chi connectivity index (χ1v) is 7.67. The summed E-state index contributed by atoms with van der Waals surface area (Å²) in [6.07, 6.45) is 0. The van der Waals surface area contributed by atoms with Crippen LogP contribution in [0.5, 0.6) is 11.5 Å². The maximum absolute atomic E-state index is 12.5. The summed E-state index contributed by atoms with van der Waals surface area (Å²) >= 11 is 0. The van der Waals surface area contributed by atoms with E-state index in [-0.39, 0.29) is 5.91 Å². The summed E-state index contributed by atoms with van der Waals surface area (Å²) in [7, 11) is 5.02. The Kier molecular flexibility index (Phi) is 5.33. The first-order valence-electron chi connectivity index (χ1n) is 7.67. The van der Waals surface area contributed by atoms with E-state index in [2.05, 4.69) is 15.7 Å². The highest BCUT2D eigenvalue weighted by molar-refractivity contribution is 5.97. The van der Waals surface area contributed by atoms with Crippen LogP contribution in [-0.4, -0.2) is 35.9 Å². The first kappa shape index (κ1) is 17.7. The Morgan fingerprint density at radius 3 is 2.50 bits per heavy atom. The molecule has 2 N–H and O–H groups in total. The number of aryl methyl sites for hydroxylation is 2. The predicted octanol–water partition coefficient (Wildman–Crippen LogP) is 2.49. The Hall–Kier alpha value is -2.70. The number of amides is 1. The molecule has 0 unspecified atom stereocenters. The number of carbonyl (C=O) groups excluding carboxylic acids is 1. The molecule has 7 heteroatoms. The van der Waals surface area contributed by atoms with Gasteiger partial charge >= 0.3 is 0 Å². The van der Waals surface area contributed by atoms with Gasteiger partial charge in [-0.1, -0.05) is 0 Å². The molecule has 0 fully saturated rings. The van der Waals surface area contributed by atoms with Crippen LogP contribution < -0.4 is 20.1 Å². The van der Waals surface area contributed by atoms with Gasteiger partial charge in [-0.15, -0.1) is 0 Å². The largest absolute Gasteiger partial charge is 0.497 e. The van der Waals surface area contributed by atoms with Crippen LogP contribution in [0.25, 0.3) is 0 Å². The number of methoxy groups -OCH3 is 2. The molecule has 0 aliphatic carbocycles. The zero-order valence-corrected chi connectivity index (χ0v) is 14.9. The lowest BCUT2D eigenvalue weighted by Gasteiger charge is -2.18. The van der Waals surface area contributed by atoms with Crippen molar-refractivity contribution < 1.29 is 14.3 Å². The molecule has 2 rings (SSSR count). The Bertz CT molecular complexity index is 740. The van der Waals surface area contributed by atoms with Gasteiger partial charge in [0.25, 0.3) is 0 Å². The molecule has 0 spiro atoms. The van der Waals surface area contributed by atoms with Crippen molar-refractivity contribution in [2.24, 2.45) is 7.05 Å². The molecule has 0 aliphatic rings. The Morgan fingerprint density at radius 1 is 1.25 bits per heavy atom. The van der Waals surface area contributed by atoms with Crippen LogP contribution in [-0.2, 0) is 11.8 Å². The average molecular weight is 332 g/mol. The maximum atomic E-state index is 12.5. The van der Waals surface area contributed by atoms with Crippen molar-refractivity contribution in [3.8, 4) is 11.5 Å². The topological polar surface area (TPSA) is 77.4 Å². The number of ether oxygens (including phenoxy) is 2. The SMILES string of the molecule is COc1ccc(N[C@H](C)C(=O)Nc2c(C)nn(C)c2C)c(OC)c1. The van der Waals surface area contributed by atoms with Crippen LogP contribution in [0.3, 0.4) is 0 Å². The lowest BCUT2D eigenvalue weighted by molar-refractivity contribution is -0.116. The lowest BCUT2D eigenvalue weighted by atomic mass is 10.2. The van der Waals surface area contributed by atoms with Gasteiger partial charge in [-0.05, 0) is 32.9 Å². The van der Waals surface area contributed by atoms with Crippen molar-refractivity contribution in [2.45, 2.75) is 26.8 Å². The molecule has 1 amide bonds. The average Bonchev–Trinajstić information content (AvgIpc) is 2.81. The minimum absolute atomic E-state index is 0.146. The van der Waals surface area contributed by atoms with E-state index in [4.69, 9.17) is 9.47 Å². The highest BCUT2D eigenvalue weighted by Crippen LogP contribution is 2.29. The molecule has 0 saturated carbocycles. The van der Waals surface area contributed by atoms with E-state index in [1.54, 1.807) is 31.9 Å². The zero-order valence-electron chi connectivity index (χ0n) is 14.9. The molecule has 0 aliphatic heterocycles. The van der Waals surface area contributed by atoms with Crippen LogP contribution >= 0.6 is 0 Å². The van der Waals surface area contributed by atoms with Gasteiger partial charge in [0, 0.05) is 13.1 Å². The number of carbonyl (C=O) groups is 1. The molecule has 0 saturated heterocycles. The minimum Gasteiger partial charge on any atom is -0.497 e. The second-order valence-corrected chi connectivity index (χ2v) is 5.59. The standard InChI is InChI=1S/C17H24N4O3/c1-10-16(12(3)21(4)20-10)19-17(22)11(2)18-14-8-7-13(23-5)9-15(14)24-6/h7-9,11,18H,1-6H3,(H,19,22)/t11-/m1/s1. The predicted molar refractivity (Wildman–Crippen MR) is 93.9 cm³/mol. The number of hydrogen-bond donors (Lipinski definition) is 2. The van der Waals surface area contributed by atoms with Crippen molar-refractivity contribution in [2.75, 3.05) is 24.9 Å². The fraction of sp³-hybridized carbons (Fsp3) is 0.412. The third kappa shape index (κ3) is 3.61. The Morgan fingerprint density at radius 2 is 1.96 bits per heavy atom. The monoisotopic (exact) mass is 332 g/mol. The molecular weight excluding hydrogens is 308 g/mol. The summed E-state index contributed by atoms with van der Waals surface area (Å²) < 4.78 is 12.3. The normalized spacial score (nSPS) is 11.8. The second kappa shape index (κ2) is 7.25. The van der Waals surface area contributed by atoms with Crippen molar-refractivity contribution in [1.29, 1.82) is 0 Å².